The molecule has 0 fully saturated rings. The first-order valence-electron chi connectivity index (χ1n) is 8.21. The zero-order chi connectivity index (χ0) is 21.2. The van der Waals surface area contributed by atoms with E-state index >= 15 is 0 Å². The van der Waals surface area contributed by atoms with Gasteiger partial charge >= 0.3 is 6.18 Å². The van der Waals surface area contributed by atoms with Gasteiger partial charge in [0.2, 0.25) is 0 Å². The molecule has 3 rings (SSSR count). The lowest BCUT2D eigenvalue weighted by atomic mass is 10.1. The van der Waals surface area contributed by atoms with E-state index < -0.39 is 28.3 Å². The molecular formula is C18H14F3N5O3. The maximum absolute atomic E-state index is 12.8. The van der Waals surface area contributed by atoms with Crippen LogP contribution in [0.5, 0.6) is 0 Å². The third kappa shape index (κ3) is 4.34. The minimum atomic E-state index is -4.73. The summed E-state index contributed by atoms with van der Waals surface area (Å²) < 4.78 is 39.8. The number of carbonyl (C=O) groups excluding carboxylic acids is 1. The molecule has 0 spiro atoms. The molecule has 1 aromatic heterocycles. The molecule has 0 aliphatic rings. The maximum Gasteiger partial charge on any atom is 0.416 e. The van der Waals surface area contributed by atoms with Gasteiger partial charge in [0.05, 0.1) is 16.2 Å². The number of nitrogens with one attached hydrogen (secondary N) is 2. The zero-order valence-electron chi connectivity index (χ0n) is 14.9. The number of para-hydroxylation sites is 1. The van der Waals surface area contributed by atoms with Crippen molar-refractivity contribution < 1.29 is 22.9 Å². The fourth-order valence-electron chi connectivity index (χ4n) is 2.57. The van der Waals surface area contributed by atoms with E-state index in [2.05, 4.69) is 16.0 Å². The van der Waals surface area contributed by atoms with Gasteiger partial charge in [-0.25, -0.2) is 4.68 Å². The minimum absolute atomic E-state index is 0.0217. The number of alkyl halides is 3. The summed E-state index contributed by atoms with van der Waals surface area (Å²) >= 11 is 0. The van der Waals surface area contributed by atoms with Gasteiger partial charge in [-0.2, -0.15) is 18.3 Å². The molecule has 0 aliphatic carbocycles. The molecule has 0 unspecified atom stereocenters. The highest BCUT2D eigenvalue weighted by Gasteiger charge is 2.33. The van der Waals surface area contributed by atoms with Crippen LogP contribution in [-0.4, -0.2) is 20.6 Å². The predicted molar refractivity (Wildman–Crippen MR) is 97.5 cm³/mol. The summed E-state index contributed by atoms with van der Waals surface area (Å²) in [6.07, 6.45) is -4.73. The summed E-state index contributed by atoms with van der Waals surface area (Å²) in [6.45, 7) is 1.74. The normalized spacial score (nSPS) is 11.2. The van der Waals surface area contributed by atoms with Crippen LogP contribution in [0.4, 0.5) is 24.5 Å². The number of amides is 1. The lowest BCUT2D eigenvalue weighted by Gasteiger charge is -2.11. The summed E-state index contributed by atoms with van der Waals surface area (Å²) in [4.78, 5) is 22.4. The number of carbonyl (C=O) groups is 1. The molecule has 11 heteroatoms. The lowest BCUT2D eigenvalue weighted by Crippen LogP contribution is -2.30. The molecule has 0 saturated carbocycles. The van der Waals surface area contributed by atoms with E-state index in [1.165, 1.54) is 10.7 Å². The number of rotatable bonds is 5. The summed E-state index contributed by atoms with van der Waals surface area (Å²) in [7, 11) is 0. The Balaban J connectivity index is 1.79. The second-order valence-electron chi connectivity index (χ2n) is 5.98. The molecule has 0 bridgehead atoms. The van der Waals surface area contributed by atoms with Gasteiger partial charge in [0.15, 0.2) is 5.69 Å². The Morgan fingerprint density at radius 3 is 2.45 bits per heavy atom. The second-order valence-corrected chi connectivity index (χ2v) is 5.98. The molecule has 8 nitrogen and oxygen atoms in total. The molecule has 3 aromatic rings. The minimum Gasteiger partial charge on any atom is -0.292 e. The molecule has 0 saturated heterocycles. The van der Waals surface area contributed by atoms with E-state index in [1.807, 2.05) is 18.2 Å². The van der Waals surface area contributed by atoms with E-state index in [-0.39, 0.29) is 11.4 Å². The molecule has 0 radical (unpaired) electrons. The number of anilines is 1. The third-order valence-corrected chi connectivity index (χ3v) is 3.95. The van der Waals surface area contributed by atoms with E-state index in [1.54, 1.807) is 19.1 Å². The number of hydrogen-bond donors (Lipinski definition) is 2. The summed E-state index contributed by atoms with van der Waals surface area (Å²) in [5, 5.41) is 15.3. The van der Waals surface area contributed by atoms with E-state index in [0.29, 0.717) is 17.8 Å². The van der Waals surface area contributed by atoms with Gasteiger partial charge in [0, 0.05) is 11.8 Å². The van der Waals surface area contributed by atoms with Crippen LogP contribution in [0.2, 0.25) is 0 Å². The van der Waals surface area contributed by atoms with E-state index in [0.717, 1.165) is 11.8 Å². The Morgan fingerprint density at radius 2 is 1.83 bits per heavy atom. The van der Waals surface area contributed by atoms with Crippen molar-refractivity contribution in [3.8, 4) is 5.69 Å². The topological polar surface area (TPSA) is 102 Å². The molecule has 2 N–H and O–H groups in total. The molecule has 150 valence electrons. The Morgan fingerprint density at radius 1 is 1.14 bits per heavy atom. The van der Waals surface area contributed by atoms with Crippen LogP contribution in [-0.2, 0) is 6.18 Å². The number of nitro groups is 1. The Hall–Kier alpha value is -3.89. The summed E-state index contributed by atoms with van der Waals surface area (Å²) in [6, 6.07) is 12.5. The number of hydrogen-bond acceptors (Lipinski definition) is 5. The van der Waals surface area contributed by atoms with Gasteiger partial charge in [-0.05, 0) is 37.3 Å². The number of halogens is 3. The standard InChI is InChI=1S/C18H14F3N5O3/c1-11-9-15(24-25(11)13-5-3-2-4-6-13)17(27)23-22-14-8-7-12(18(19,20)21)10-16(14)26(28)29/h2-10,22H,1H3,(H,23,27). The number of nitrogens with zero attached hydrogens (tertiary/aromatic N) is 3. The first-order valence-corrected chi connectivity index (χ1v) is 8.21. The van der Waals surface area contributed by atoms with Crippen LogP contribution < -0.4 is 10.9 Å². The SMILES string of the molecule is Cc1cc(C(=O)NNc2ccc(C(F)(F)F)cc2[N+](=O)[O-])nn1-c1ccccc1. The van der Waals surface area contributed by atoms with Gasteiger partial charge in [-0.3, -0.25) is 25.8 Å². The third-order valence-electron chi connectivity index (χ3n) is 3.95. The van der Waals surface area contributed by atoms with Gasteiger partial charge in [0.1, 0.15) is 5.69 Å². The van der Waals surface area contributed by atoms with Crippen LogP contribution in [0, 0.1) is 17.0 Å². The second kappa shape index (κ2) is 7.62. The van der Waals surface area contributed by atoms with Crippen LogP contribution >= 0.6 is 0 Å². The van der Waals surface area contributed by atoms with Gasteiger partial charge < -0.3 is 0 Å². The summed E-state index contributed by atoms with van der Waals surface area (Å²) in [5.74, 6) is -0.711. The van der Waals surface area contributed by atoms with Crippen molar-refractivity contribution in [1.29, 1.82) is 0 Å². The maximum atomic E-state index is 12.8. The average molecular weight is 405 g/mol. The van der Waals surface area contributed by atoms with Gasteiger partial charge in [0.25, 0.3) is 11.6 Å². The first-order chi connectivity index (χ1) is 13.7. The largest absolute Gasteiger partial charge is 0.416 e. The van der Waals surface area contributed by atoms with Crippen molar-refractivity contribution in [2.24, 2.45) is 0 Å². The van der Waals surface area contributed by atoms with Crippen molar-refractivity contribution in [2.45, 2.75) is 13.1 Å². The number of hydrazine groups is 1. The molecule has 1 amide bonds. The lowest BCUT2D eigenvalue weighted by molar-refractivity contribution is -0.384. The zero-order valence-corrected chi connectivity index (χ0v) is 14.9. The molecule has 2 aromatic carbocycles. The fourth-order valence-corrected chi connectivity index (χ4v) is 2.57. The van der Waals surface area contributed by atoms with E-state index in [4.69, 9.17) is 0 Å². The molecule has 1 heterocycles. The van der Waals surface area contributed by atoms with Crippen molar-refractivity contribution in [3.63, 3.8) is 0 Å². The Labute approximate surface area is 162 Å². The van der Waals surface area contributed by atoms with Crippen molar-refractivity contribution >= 4 is 17.3 Å². The fraction of sp³-hybridized carbons (Fsp3) is 0.111. The number of nitro benzene ring substituents is 1. The van der Waals surface area contributed by atoms with Crippen LogP contribution in [0.1, 0.15) is 21.7 Å². The first kappa shape index (κ1) is 19.9. The Kier molecular flexibility index (Phi) is 5.22. The molecule has 29 heavy (non-hydrogen) atoms. The Bertz CT molecular complexity index is 1060. The highest BCUT2D eigenvalue weighted by Crippen LogP contribution is 2.34. The highest BCUT2D eigenvalue weighted by atomic mass is 19.4. The molecule has 0 aliphatic heterocycles. The number of benzene rings is 2. The van der Waals surface area contributed by atoms with Crippen LogP contribution in [0.15, 0.2) is 54.6 Å². The molecular weight excluding hydrogens is 391 g/mol. The number of aromatic nitrogens is 2. The van der Waals surface area contributed by atoms with Gasteiger partial charge in [-0.1, -0.05) is 18.2 Å². The highest BCUT2D eigenvalue weighted by molar-refractivity contribution is 5.93. The number of aryl methyl sites for hydroxylation is 1. The smallest absolute Gasteiger partial charge is 0.292 e. The van der Waals surface area contributed by atoms with E-state index in [9.17, 15) is 28.1 Å². The van der Waals surface area contributed by atoms with Crippen molar-refractivity contribution in [2.75, 3.05) is 5.43 Å². The molecule has 0 atom stereocenters. The monoisotopic (exact) mass is 405 g/mol. The predicted octanol–water partition coefficient (Wildman–Crippen LogP) is 3.86. The van der Waals surface area contributed by atoms with Crippen molar-refractivity contribution in [1.82, 2.24) is 15.2 Å². The summed E-state index contributed by atoms with van der Waals surface area (Å²) in [5.41, 5.74) is 3.62. The van der Waals surface area contributed by atoms with Crippen LogP contribution in [0.25, 0.3) is 5.69 Å². The average Bonchev–Trinajstić information content (AvgIpc) is 3.07. The van der Waals surface area contributed by atoms with Crippen LogP contribution in [0.3, 0.4) is 0 Å². The van der Waals surface area contributed by atoms with Crippen molar-refractivity contribution in [3.05, 3.63) is 81.7 Å². The van der Waals surface area contributed by atoms with Gasteiger partial charge in [-0.15, -0.1) is 0 Å². The quantitative estimate of drug-likeness (QED) is 0.496.